The van der Waals surface area contributed by atoms with Gasteiger partial charge in [0.05, 0.1) is 6.61 Å². The highest BCUT2D eigenvalue weighted by Gasteiger charge is 2.55. The Morgan fingerprint density at radius 3 is 2.67 bits per heavy atom. The van der Waals surface area contributed by atoms with Gasteiger partial charge in [0.1, 0.15) is 12.3 Å². The van der Waals surface area contributed by atoms with Gasteiger partial charge in [-0.3, -0.25) is 14.5 Å². The molecule has 3 heterocycles. The summed E-state index contributed by atoms with van der Waals surface area (Å²) < 4.78 is 5.63. The number of benzene rings is 1. The summed E-state index contributed by atoms with van der Waals surface area (Å²) in [5, 5.41) is 2.84. The highest BCUT2D eigenvalue weighted by Crippen LogP contribution is 2.40. The number of piperidine rings is 1. The smallest absolute Gasteiger partial charge is 0.325 e. The molecule has 0 radical (unpaired) electrons. The van der Waals surface area contributed by atoms with E-state index >= 15 is 0 Å². The van der Waals surface area contributed by atoms with Crippen molar-refractivity contribution in [3.05, 3.63) is 29.8 Å². The fourth-order valence-corrected chi connectivity index (χ4v) is 4.62. The van der Waals surface area contributed by atoms with Crippen molar-refractivity contribution in [3.63, 3.8) is 0 Å². The van der Waals surface area contributed by atoms with E-state index in [0.29, 0.717) is 49.3 Å². The third-order valence-electron chi connectivity index (χ3n) is 5.77. The Morgan fingerprint density at radius 2 is 1.93 bits per heavy atom. The molecule has 27 heavy (non-hydrogen) atoms. The van der Waals surface area contributed by atoms with E-state index in [4.69, 9.17) is 4.74 Å². The molecule has 2 fully saturated rings. The number of carbonyl (C=O) groups excluding carboxylic acids is 3. The summed E-state index contributed by atoms with van der Waals surface area (Å²) in [5.74, 6) is 0.914. The van der Waals surface area contributed by atoms with E-state index in [2.05, 4.69) is 19.2 Å². The average Bonchev–Trinajstić information content (AvgIpc) is 2.86. The summed E-state index contributed by atoms with van der Waals surface area (Å²) in [4.78, 5) is 41.4. The summed E-state index contributed by atoms with van der Waals surface area (Å²) in [6.07, 6.45) is 1.45. The Kier molecular flexibility index (Phi) is 4.32. The van der Waals surface area contributed by atoms with Crippen LogP contribution >= 0.6 is 0 Å². The zero-order valence-electron chi connectivity index (χ0n) is 15.7. The van der Waals surface area contributed by atoms with Gasteiger partial charge in [-0.15, -0.1) is 0 Å². The zero-order chi connectivity index (χ0) is 19.2. The number of carbonyl (C=O) groups is 3. The third-order valence-corrected chi connectivity index (χ3v) is 5.77. The minimum atomic E-state index is -1.13. The van der Waals surface area contributed by atoms with Crippen molar-refractivity contribution in [2.45, 2.75) is 32.2 Å². The fraction of sp³-hybridized carbons (Fsp3) is 0.550. The summed E-state index contributed by atoms with van der Waals surface area (Å²) in [6.45, 7) is 5.72. The van der Waals surface area contributed by atoms with Crippen molar-refractivity contribution in [2.24, 2.45) is 11.8 Å². The number of para-hydroxylation sites is 1. The van der Waals surface area contributed by atoms with Crippen molar-refractivity contribution >= 4 is 17.8 Å². The lowest BCUT2D eigenvalue weighted by Gasteiger charge is -2.36. The molecule has 1 aromatic carbocycles. The Hall–Kier alpha value is -2.57. The van der Waals surface area contributed by atoms with Gasteiger partial charge in [0.15, 0.2) is 5.54 Å². The molecule has 3 aliphatic rings. The largest absolute Gasteiger partial charge is 0.493 e. The third kappa shape index (κ3) is 2.95. The highest BCUT2D eigenvalue weighted by molar-refractivity contribution is 6.09. The van der Waals surface area contributed by atoms with Crippen molar-refractivity contribution in [3.8, 4) is 5.75 Å². The highest BCUT2D eigenvalue weighted by atomic mass is 16.5. The number of ether oxygens (including phenoxy) is 1. The summed E-state index contributed by atoms with van der Waals surface area (Å²) in [6, 6.07) is 6.73. The average molecular weight is 371 g/mol. The second kappa shape index (κ2) is 6.55. The first-order chi connectivity index (χ1) is 12.9. The molecule has 7 heteroatoms. The lowest BCUT2D eigenvalue weighted by molar-refractivity contribution is -0.141. The number of hydrogen-bond acceptors (Lipinski definition) is 4. The van der Waals surface area contributed by atoms with Crippen LogP contribution in [0.4, 0.5) is 4.79 Å². The Morgan fingerprint density at radius 1 is 1.22 bits per heavy atom. The number of imide groups is 1. The Bertz CT molecular complexity index is 785. The first-order valence-corrected chi connectivity index (χ1v) is 9.55. The van der Waals surface area contributed by atoms with E-state index in [1.807, 2.05) is 12.1 Å². The SMILES string of the molecule is C[C@@H]1C[C@H](C)CN(C(=O)CN2C(=O)N[C@]3(CCOc4ccccc43)C2=O)C1. The minimum Gasteiger partial charge on any atom is -0.493 e. The van der Waals surface area contributed by atoms with Crippen LogP contribution in [0.1, 0.15) is 32.3 Å². The van der Waals surface area contributed by atoms with Crippen LogP contribution in [0.25, 0.3) is 0 Å². The molecule has 3 aliphatic heterocycles. The van der Waals surface area contributed by atoms with E-state index in [0.717, 1.165) is 11.3 Å². The number of nitrogens with zero attached hydrogens (tertiary/aromatic N) is 2. The molecule has 0 aliphatic carbocycles. The molecule has 1 aromatic rings. The van der Waals surface area contributed by atoms with Crippen LogP contribution < -0.4 is 10.1 Å². The van der Waals surface area contributed by atoms with Crippen LogP contribution in [0.3, 0.4) is 0 Å². The van der Waals surface area contributed by atoms with Gasteiger partial charge in [-0.1, -0.05) is 32.0 Å². The number of fused-ring (bicyclic) bond motifs is 2. The van der Waals surface area contributed by atoms with Crippen LogP contribution in [0.15, 0.2) is 24.3 Å². The first kappa shape index (κ1) is 17.8. The van der Waals surface area contributed by atoms with E-state index in [1.54, 1.807) is 17.0 Å². The monoisotopic (exact) mass is 371 g/mol. The molecular formula is C20H25N3O4. The Balaban J connectivity index is 1.55. The summed E-state index contributed by atoms with van der Waals surface area (Å²) >= 11 is 0. The predicted molar refractivity (Wildman–Crippen MR) is 98.0 cm³/mol. The topological polar surface area (TPSA) is 79.0 Å². The fourth-order valence-electron chi connectivity index (χ4n) is 4.62. The van der Waals surface area contributed by atoms with Gasteiger partial charge >= 0.3 is 6.03 Å². The quantitative estimate of drug-likeness (QED) is 0.803. The zero-order valence-corrected chi connectivity index (χ0v) is 15.7. The summed E-state index contributed by atoms with van der Waals surface area (Å²) in [7, 11) is 0. The number of amides is 4. The normalized spacial score (nSPS) is 30.1. The predicted octanol–water partition coefficient (Wildman–Crippen LogP) is 1.72. The van der Waals surface area contributed by atoms with Crippen LogP contribution in [-0.4, -0.2) is 53.9 Å². The van der Waals surface area contributed by atoms with E-state index in [-0.39, 0.29) is 18.4 Å². The molecule has 0 unspecified atom stereocenters. The second-order valence-corrected chi connectivity index (χ2v) is 8.07. The van der Waals surface area contributed by atoms with Crippen molar-refractivity contribution in [1.82, 2.24) is 15.1 Å². The Labute approximate surface area is 158 Å². The van der Waals surface area contributed by atoms with Gasteiger partial charge in [0.2, 0.25) is 5.91 Å². The van der Waals surface area contributed by atoms with Gasteiger partial charge < -0.3 is 15.0 Å². The molecule has 4 rings (SSSR count). The lowest BCUT2D eigenvalue weighted by atomic mass is 9.84. The molecule has 0 aromatic heterocycles. The molecule has 144 valence electrons. The molecule has 0 bridgehead atoms. The van der Waals surface area contributed by atoms with Crippen LogP contribution in [-0.2, 0) is 15.1 Å². The molecule has 4 amide bonds. The van der Waals surface area contributed by atoms with Gasteiger partial charge in [-0.05, 0) is 24.3 Å². The molecule has 1 spiro atoms. The molecule has 7 nitrogen and oxygen atoms in total. The van der Waals surface area contributed by atoms with Crippen LogP contribution in [0.5, 0.6) is 5.75 Å². The number of urea groups is 1. The van der Waals surface area contributed by atoms with Crippen molar-refractivity contribution in [2.75, 3.05) is 26.2 Å². The standard InChI is InChI=1S/C20H25N3O4/c1-13-9-14(2)11-22(10-13)17(24)12-23-18(25)20(21-19(23)26)7-8-27-16-6-4-3-5-15(16)20/h3-6,13-14H,7-12H2,1-2H3,(H,21,26)/t13-,14+,20-/m0/s1. The second-order valence-electron chi connectivity index (χ2n) is 8.07. The van der Waals surface area contributed by atoms with Gasteiger partial charge in [0, 0.05) is 25.1 Å². The van der Waals surface area contributed by atoms with E-state index in [1.165, 1.54) is 0 Å². The summed E-state index contributed by atoms with van der Waals surface area (Å²) in [5.41, 5.74) is -0.473. The number of nitrogens with one attached hydrogen (secondary N) is 1. The van der Waals surface area contributed by atoms with Crippen LogP contribution in [0.2, 0.25) is 0 Å². The van der Waals surface area contributed by atoms with E-state index < -0.39 is 11.6 Å². The number of likely N-dealkylation sites (tertiary alicyclic amines) is 1. The van der Waals surface area contributed by atoms with Crippen molar-refractivity contribution in [1.29, 1.82) is 0 Å². The number of hydrogen-bond donors (Lipinski definition) is 1. The molecule has 3 atom stereocenters. The maximum atomic E-state index is 13.2. The maximum Gasteiger partial charge on any atom is 0.325 e. The molecule has 0 saturated carbocycles. The maximum absolute atomic E-state index is 13.2. The minimum absolute atomic E-state index is 0.172. The van der Waals surface area contributed by atoms with Gasteiger partial charge in [-0.25, -0.2) is 4.79 Å². The molecule has 1 N–H and O–H groups in total. The van der Waals surface area contributed by atoms with Gasteiger partial charge in [-0.2, -0.15) is 0 Å². The number of rotatable bonds is 2. The molecular weight excluding hydrogens is 346 g/mol. The first-order valence-electron chi connectivity index (χ1n) is 9.55. The van der Waals surface area contributed by atoms with E-state index in [9.17, 15) is 14.4 Å². The molecule has 2 saturated heterocycles. The van der Waals surface area contributed by atoms with Crippen molar-refractivity contribution < 1.29 is 19.1 Å². The van der Waals surface area contributed by atoms with Gasteiger partial charge in [0.25, 0.3) is 5.91 Å². The van der Waals surface area contributed by atoms with Crippen LogP contribution in [0, 0.1) is 11.8 Å². The lowest BCUT2D eigenvalue weighted by Crippen LogP contribution is -2.50.